The summed E-state index contributed by atoms with van der Waals surface area (Å²) in [6.07, 6.45) is 0. The van der Waals surface area contributed by atoms with Gasteiger partial charge in [-0.1, -0.05) is 24.3 Å². The third kappa shape index (κ3) is 2.98. The first-order chi connectivity index (χ1) is 11.4. The van der Waals surface area contributed by atoms with Crippen molar-refractivity contribution in [2.75, 3.05) is 16.8 Å². The van der Waals surface area contributed by atoms with E-state index < -0.39 is 5.54 Å². The number of nitrogens with one attached hydrogen (secondary N) is 1. The molecule has 0 aliphatic carbocycles. The Morgan fingerprint density at radius 2 is 1.83 bits per heavy atom. The van der Waals surface area contributed by atoms with Gasteiger partial charge in [-0.2, -0.15) is 0 Å². The Kier molecular flexibility index (Phi) is 4.49. The standard InChI is InChI=1S/C18H17IN2O3/c1-18(2)17(23)20-13-8-4-5-9-14(13)21(18)16(22)11-24-15-10-6-3-7-12(15)19/h3-10H,11H2,1-2H3,(H,20,23). The molecule has 0 spiro atoms. The van der Waals surface area contributed by atoms with Gasteiger partial charge in [-0.25, -0.2) is 0 Å². The molecule has 1 aliphatic rings. The van der Waals surface area contributed by atoms with E-state index in [1.54, 1.807) is 19.9 Å². The van der Waals surface area contributed by atoms with Gasteiger partial charge in [0.1, 0.15) is 11.3 Å². The van der Waals surface area contributed by atoms with Crippen LogP contribution in [0.25, 0.3) is 0 Å². The first kappa shape index (κ1) is 16.8. The number of anilines is 2. The summed E-state index contributed by atoms with van der Waals surface area (Å²) >= 11 is 2.16. The van der Waals surface area contributed by atoms with E-state index in [-0.39, 0.29) is 18.4 Å². The van der Waals surface area contributed by atoms with Gasteiger partial charge in [0.25, 0.3) is 5.91 Å². The predicted octanol–water partition coefficient (Wildman–Crippen LogP) is 3.43. The molecule has 5 nitrogen and oxygen atoms in total. The highest BCUT2D eigenvalue weighted by Gasteiger charge is 2.43. The molecule has 0 atom stereocenters. The second kappa shape index (κ2) is 6.43. The molecule has 0 bridgehead atoms. The van der Waals surface area contributed by atoms with Crippen molar-refractivity contribution < 1.29 is 14.3 Å². The monoisotopic (exact) mass is 436 g/mol. The van der Waals surface area contributed by atoms with Crippen LogP contribution in [-0.4, -0.2) is 24.0 Å². The van der Waals surface area contributed by atoms with Crippen molar-refractivity contribution >= 4 is 45.8 Å². The van der Waals surface area contributed by atoms with Crippen LogP contribution in [0.4, 0.5) is 11.4 Å². The lowest BCUT2D eigenvalue weighted by molar-refractivity contribution is -0.127. The molecule has 124 valence electrons. The summed E-state index contributed by atoms with van der Waals surface area (Å²) in [6, 6.07) is 14.8. The summed E-state index contributed by atoms with van der Waals surface area (Å²) in [7, 11) is 0. The van der Waals surface area contributed by atoms with E-state index in [4.69, 9.17) is 4.74 Å². The minimum atomic E-state index is -0.987. The van der Waals surface area contributed by atoms with Gasteiger partial charge in [-0.3, -0.25) is 14.5 Å². The highest BCUT2D eigenvalue weighted by molar-refractivity contribution is 14.1. The number of hydrogen-bond acceptors (Lipinski definition) is 3. The first-order valence-corrected chi connectivity index (χ1v) is 8.60. The quantitative estimate of drug-likeness (QED) is 0.751. The minimum absolute atomic E-state index is 0.134. The topological polar surface area (TPSA) is 58.6 Å². The van der Waals surface area contributed by atoms with Crippen LogP contribution in [0.15, 0.2) is 48.5 Å². The summed E-state index contributed by atoms with van der Waals surface area (Å²) in [4.78, 5) is 26.7. The zero-order valence-electron chi connectivity index (χ0n) is 13.4. The number of amides is 2. The molecule has 0 fully saturated rings. The number of benzene rings is 2. The fraction of sp³-hybridized carbons (Fsp3) is 0.222. The van der Waals surface area contributed by atoms with Gasteiger partial charge in [0.15, 0.2) is 6.61 Å². The molecule has 6 heteroatoms. The Hall–Kier alpha value is -2.09. The average Bonchev–Trinajstić information content (AvgIpc) is 2.55. The number of ether oxygens (including phenoxy) is 1. The molecular weight excluding hydrogens is 419 g/mol. The molecule has 0 aromatic heterocycles. The summed E-state index contributed by atoms with van der Waals surface area (Å²) in [5, 5.41) is 2.84. The Morgan fingerprint density at radius 1 is 1.17 bits per heavy atom. The van der Waals surface area contributed by atoms with E-state index in [9.17, 15) is 9.59 Å². The van der Waals surface area contributed by atoms with Gasteiger partial charge in [0.2, 0.25) is 5.91 Å². The van der Waals surface area contributed by atoms with Crippen LogP contribution in [0.1, 0.15) is 13.8 Å². The van der Waals surface area contributed by atoms with Gasteiger partial charge in [-0.05, 0) is 60.7 Å². The molecule has 2 aromatic rings. The van der Waals surface area contributed by atoms with E-state index >= 15 is 0 Å². The van der Waals surface area contributed by atoms with Crippen LogP contribution in [0.2, 0.25) is 0 Å². The molecule has 2 aromatic carbocycles. The number of para-hydroxylation sites is 3. The molecule has 24 heavy (non-hydrogen) atoms. The summed E-state index contributed by atoms with van der Waals surface area (Å²) in [5.74, 6) is 0.171. The van der Waals surface area contributed by atoms with Crippen molar-refractivity contribution in [3.05, 3.63) is 52.1 Å². The number of carbonyl (C=O) groups excluding carboxylic acids is 2. The lowest BCUT2D eigenvalue weighted by atomic mass is 9.96. The van der Waals surface area contributed by atoms with Crippen LogP contribution in [0, 0.1) is 3.57 Å². The highest BCUT2D eigenvalue weighted by Crippen LogP contribution is 2.36. The Bertz CT molecular complexity index is 804. The lowest BCUT2D eigenvalue weighted by Gasteiger charge is -2.41. The van der Waals surface area contributed by atoms with Crippen molar-refractivity contribution in [2.45, 2.75) is 19.4 Å². The Balaban J connectivity index is 1.87. The third-order valence-corrected chi connectivity index (χ3v) is 4.84. The molecule has 1 heterocycles. The van der Waals surface area contributed by atoms with Crippen molar-refractivity contribution in [3.63, 3.8) is 0 Å². The number of halogens is 1. The fourth-order valence-electron chi connectivity index (χ4n) is 2.66. The van der Waals surface area contributed by atoms with Crippen molar-refractivity contribution in [1.29, 1.82) is 0 Å². The van der Waals surface area contributed by atoms with Crippen LogP contribution in [0.5, 0.6) is 5.75 Å². The van der Waals surface area contributed by atoms with E-state index in [1.165, 1.54) is 4.90 Å². The summed E-state index contributed by atoms with van der Waals surface area (Å²) < 4.78 is 6.59. The maximum Gasteiger partial charge on any atom is 0.265 e. The normalized spacial score (nSPS) is 15.5. The van der Waals surface area contributed by atoms with Crippen molar-refractivity contribution in [2.24, 2.45) is 0 Å². The second-order valence-corrected chi connectivity index (χ2v) is 7.14. The highest BCUT2D eigenvalue weighted by atomic mass is 127. The van der Waals surface area contributed by atoms with Crippen LogP contribution in [-0.2, 0) is 9.59 Å². The zero-order chi connectivity index (χ0) is 17.3. The molecule has 2 amide bonds. The number of fused-ring (bicyclic) bond motifs is 1. The number of rotatable bonds is 3. The van der Waals surface area contributed by atoms with Gasteiger partial charge in [0, 0.05) is 0 Å². The minimum Gasteiger partial charge on any atom is -0.483 e. The molecule has 0 radical (unpaired) electrons. The second-order valence-electron chi connectivity index (χ2n) is 5.98. The third-order valence-electron chi connectivity index (χ3n) is 3.95. The molecular formula is C18H17IN2O3. The Labute approximate surface area is 154 Å². The fourth-order valence-corrected chi connectivity index (χ4v) is 3.21. The molecule has 1 aliphatic heterocycles. The molecule has 3 rings (SSSR count). The maximum atomic E-state index is 12.8. The predicted molar refractivity (Wildman–Crippen MR) is 101 cm³/mol. The van der Waals surface area contributed by atoms with Crippen LogP contribution < -0.4 is 15.0 Å². The average molecular weight is 436 g/mol. The SMILES string of the molecule is CC1(C)C(=O)Nc2ccccc2N1C(=O)COc1ccccc1I. The van der Waals surface area contributed by atoms with Gasteiger partial charge in [-0.15, -0.1) is 0 Å². The summed E-state index contributed by atoms with van der Waals surface area (Å²) in [6.45, 7) is 3.32. The van der Waals surface area contributed by atoms with Gasteiger partial charge >= 0.3 is 0 Å². The number of hydrogen-bond donors (Lipinski definition) is 1. The summed E-state index contributed by atoms with van der Waals surface area (Å²) in [5.41, 5.74) is 0.321. The van der Waals surface area contributed by atoms with Crippen molar-refractivity contribution in [1.82, 2.24) is 0 Å². The van der Waals surface area contributed by atoms with Crippen LogP contribution in [0.3, 0.4) is 0 Å². The van der Waals surface area contributed by atoms with E-state index in [1.807, 2.05) is 42.5 Å². The van der Waals surface area contributed by atoms with Gasteiger partial charge in [0.05, 0.1) is 14.9 Å². The molecule has 0 saturated carbocycles. The smallest absolute Gasteiger partial charge is 0.265 e. The van der Waals surface area contributed by atoms with E-state index in [2.05, 4.69) is 27.9 Å². The maximum absolute atomic E-state index is 12.8. The van der Waals surface area contributed by atoms with Crippen molar-refractivity contribution in [3.8, 4) is 5.75 Å². The van der Waals surface area contributed by atoms with Gasteiger partial charge < -0.3 is 10.1 Å². The lowest BCUT2D eigenvalue weighted by Crippen LogP contribution is -2.59. The largest absolute Gasteiger partial charge is 0.483 e. The number of nitrogens with zero attached hydrogens (tertiary/aromatic N) is 1. The first-order valence-electron chi connectivity index (χ1n) is 7.52. The molecule has 1 N–H and O–H groups in total. The van der Waals surface area contributed by atoms with E-state index in [0.717, 1.165) is 3.57 Å². The molecule has 0 saturated heterocycles. The Morgan fingerprint density at radius 3 is 2.58 bits per heavy atom. The zero-order valence-corrected chi connectivity index (χ0v) is 15.5. The number of carbonyl (C=O) groups is 2. The van der Waals surface area contributed by atoms with Crippen LogP contribution >= 0.6 is 22.6 Å². The van der Waals surface area contributed by atoms with E-state index in [0.29, 0.717) is 17.1 Å². The molecule has 0 unspecified atom stereocenters.